The first-order chi connectivity index (χ1) is 11.1. The van der Waals surface area contributed by atoms with E-state index < -0.39 is 0 Å². The lowest BCUT2D eigenvalue weighted by Gasteiger charge is -2.15. The third-order valence-electron chi connectivity index (χ3n) is 3.49. The van der Waals surface area contributed by atoms with Crippen molar-refractivity contribution in [3.63, 3.8) is 0 Å². The number of halogens is 2. The van der Waals surface area contributed by atoms with E-state index in [1.54, 1.807) is 12.3 Å². The predicted octanol–water partition coefficient (Wildman–Crippen LogP) is 5.28. The van der Waals surface area contributed by atoms with Crippen molar-refractivity contribution in [2.75, 3.05) is 7.05 Å². The number of rotatable bonds is 5. The number of benzene rings is 2. The molecule has 0 N–H and O–H groups in total. The van der Waals surface area contributed by atoms with Crippen LogP contribution in [0.4, 0.5) is 0 Å². The van der Waals surface area contributed by atoms with Gasteiger partial charge in [-0.2, -0.15) is 0 Å². The van der Waals surface area contributed by atoms with Gasteiger partial charge in [-0.1, -0.05) is 65.7 Å². The van der Waals surface area contributed by atoms with Gasteiger partial charge in [0.2, 0.25) is 5.89 Å². The van der Waals surface area contributed by atoms with E-state index in [0.717, 1.165) is 16.9 Å². The summed E-state index contributed by atoms with van der Waals surface area (Å²) in [5.74, 6) is 1.44. The highest BCUT2D eigenvalue weighted by Gasteiger charge is 2.11. The summed E-state index contributed by atoms with van der Waals surface area (Å²) in [7, 11) is 1.99. The Balaban J connectivity index is 1.68. The predicted molar refractivity (Wildman–Crippen MR) is 93.6 cm³/mol. The molecule has 0 bridgehead atoms. The third kappa shape index (κ3) is 3.94. The molecule has 0 aliphatic rings. The molecule has 0 amide bonds. The van der Waals surface area contributed by atoms with Gasteiger partial charge in [0.1, 0.15) is 0 Å². The van der Waals surface area contributed by atoms with Gasteiger partial charge in [0.05, 0.1) is 22.8 Å². The van der Waals surface area contributed by atoms with Crippen LogP contribution in [0.3, 0.4) is 0 Å². The van der Waals surface area contributed by atoms with Crippen LogP contribution in [0.5, 0.6) is 0 Å². The van der Waals surface area contributed by atoms with Crippen LogP contribution >= 0.6 is 23.2 Å². The van der Waals surface area contributed by atoms with Gasteiger partial charge < -0.3 is 4.42 Å². The first kappa shape index (κ1) is 16.1. The Hall–Kier alpha value is -1.81. The summed E-state index contributed by atoms with van der Waals surface area (Å²) < 4.78 is 5.82. The molecule has 2 aromatic carbocycles. The summed E-state index contributed by atoms with van der Waals surface area (Å²) in [5.41, 5.74) is 2.00. The summed E-state index contributed by atoms with van der Waals surface area (Å²) in [4.78, 5) is 6.43. The molecule has 0 spiro atoms. The van der Waals surface area contributed by atoms with Crippen LogP contribution in [0.25, 0.3) is 11.3 Å². The Labute approximate surface area is 145 Å². The first-order valence-corrected chi connectivity index (χ1v) is 8.00. The Morgan fingerprint density at radius 2 is 1.78 bits per heavy atom. The Kier molecular flexibility index (Phi) is 5.01. The van der Waals surface area contributed by atoms with E-state index in [1.807, 2.05) is 49.5 Å². The number of hydrogen-bond acceptors (Lipinski definition) is 3. The SMILES string of the molecule is CN(Cc1ncc(-c2ccccc2)o1)Cc1cccc(Cl)c1Cl. The van der Waals surface area contributed by atoms with Gasteiger partial charge >= 0.3 is 0 Å². The van der Waals surface area contributed by atoms with E-state index in [-0.39, 0.29) is 0 Å². The van der Waals surface area contributed by atoms with Crippen LogP contribution in [-0.2, 0) is 13.1 Å². The number of hydrogen-bond donors (Lipinski definition) is 0. The molecule has 118 valence electrons. The van der Waals surface area contributed by atoms with Gasteiger partial charge in [0.15, 0.2) is 5.76 Å². The highest BCUT2D eigenvalue weighted by atomic mass is 35.5. The third-order valence-corrected chi connectivity index (χ3v) is 4.35. The molecular weight excluding hydrogens is 331 g/mol. The maximum atomic E-state index is 6.23. The van der Waals surface area contributed by atoms with E-state index in [0.29, 0.717) is 29.0 Å². The Bertz CT molecular complexity index is 787. The fourth-order valence-corrected chi connectivity index (χ4v) is 2.75. The molecule has 3 aromatic rings. The normalized spacial score (nSPS) is 11.1. The number of oxazole rings is 1. The highest BCUT2D eigenvalue weighted by Crippen LogP contribution is 2.27. The smallest absolute Gasteiger partial charge is 0.209 e. The quantitative estimate of drug-likeness (QED) is 0.629. The minimum absolute atomic E-state index is 0.569. The van der Waals surface area contributed by atoms with Crippen molar-refractivity contribution in [1.29, 1.82) is 0 Å². The monoisotopic (exact) mass is 346 g/mol. The molecule has 0 saturated carbocycles. The molecule has 0 aliphatic heterocycles. The van der Waals surface area contributed by atoms with Crippen molar-refractivity contribution >= 4 is 23.2 Å². The van der Waals surface area contributed by atoms with Crippen molar-refractivity contribution < 1.29 is 4.42 Å². The minimum Gasteiger partial charge on any atom is -0.439 e. The summed E-state index contributed by atoms with van der Waals surface area (Å²) in [6.45, 7) is 1.26. The van der Waals surface area contributed by atoms with Crippen LogP contribution in [0.2, 0.25) is 10.0 Å². The summed E-state index contributed by atoms with van der Waals surface area (Å²) in [5, 5.41) is 1.17. The Morgan fingerprint density at radius 3 is 2.57 bits per heavy atom. The lowest BCUT2D eigenvalue weighted by molar-refractivity contribution is 0.283. The van der Waals surface area contributed by atoms with Crippen LogP contribution in [0, 0.1) is 0 Å². The molecule has 0 atom stereocenters. The Morgan fingerprint density at radius 1 is 1.00 bits per heavy atom. The lowest BCUT2D eigenvalue weighted by atomic mass is 10.2. The van der Waals surface area contributed by atoms with Gasteiger partial charge in [0, 0.05) is 12.1 Å². The molecular formula is C18H16Cl2N2O. The molecule has 0 saturated heterocycles. The minimum atomic E-state index is 0.569. The molecule has 0 unspecified atom stereocenters. The van der Waals surface area contributed by atoms with Crippen molar-refractivity contribution in [1.82, 2.24) is 9.88 Å². The van der Waals surface area contributed by atoms with Gasteiger partial charge in [-0.05, 0) is 18.7 Å². The molecule has 0 fully saturated rings. The molecule has 3 rings (SSSR count). The van der Waals surface area contributed by atoms with E-state index in [4.69, 9.17) is 27.6 Å². The average Bonchev–Trinajstić information content (AvgIpc) is 3.01. The molecule has 1 heterocycles. The van der Waals surface area contributed by atoms with Crippen molar-refractivity contribution in [3.8, 4) is 11.3 Å². The molecule has 5 heteroatoms. The van der Waals surface area contributed by atoms with Crippen molar-refractivity contribution in [2.24, 2.45) is 0 Å². The van der Waals surface area contributed by atoms with E-state index in [1.165, 1.54) is 0 Å². The van der Waals surface area contributed by atoms with Gasteiger partial charge in [-0.15, -0.1) is 0 Å². The van der Waals surface area contributed by atoms with E-state index >= 15 is 0 Å². The lowest BCUT2D eigenvalue weighted by Crippen LogP contribution is -2.17. The second kappa shape index (κ2) is 7.18. The van der Waals surface area contributed by atoms with Gasteiger partial charge in [-0.25, -0.2) is 4.98 Å². The summed E-state index contributed by atoms with van der Waals surface area (Å²) in [6.07, 6.45) is 1.75. The zero-order chi connectivity index (χ0) is 16.2. The largest absolute Gasteiger partial charge is 0.439 e. The van der Waals surface area contributed by atoms with Crippen LogP contribution in [0.15, 0.2) is 59.1 Å². The second-order valence-electron chi connectivity index (χ2n) is 5.37. The van der Waals surface area contributed by atoms with Crippen LogP contribution in [-0.4, -0.2) is 16.9 Å². The molecule has 1 aromatic heterocycles. The van der Waals surface area contributed by atoms with E-state index in [9.17, 15) is 0 Å². The second-order valence-corrected chi connectivity index (χ2v) is 6.15. The van der Waals surface area contributed by atoms with Crippen molar-refractivity contribution in [2.45, 2.75) is 13.1 Å². The van der Waals surface area contributed by atoms with Crippen LogP contribution < -0.4 is 0 Å². The maximum absolute atomic E-state index is 6.23. The fraction of sp³-hybridized carbons (Fsp3) is 0.167. The highest BCUT2D eigenvalue weighted by molar-refractivity contribution is 6.42. The number of nitrogens with zero attached hydrogens (tertiary/aromatic N) is 2. The fourth-order valence-electron chi connectivity index (χ4n) is 2.37. The topological polar surface area (TPSA) is 29.3 Å². The van der Waals surface area contributed by atoms with E-state index in [2.05, 4.69) is 9.88 Å². The molecule has 23 heavy (non-hydrogen) atoms. The zero-order valence-electron chi connectivity index (χ0n) is 12.7. The summed E-state index contributed by atoms with van der Waals surface area (Å²) >= 11 is 12.3. The summed E-state index contributed by atoms with van der Waals surface area (Å²) in [6, 6.07) is 15.6. The molecule has 3 nitrogen and oxygen atoms in total. The van der Waals surface area contributed by atoms with Crippen LogP contribution in [0.1, 0.15) is 11.5 Å². The maximum Gasteiger partial charge on any atom is 0.209 e. The average molecular weight is 347 g/mol. The number of aromatic nitrogens is 1. The van der Waals surface area contributed by atoms with Gasteiger partial charge in [0.25, 0.3) is 0 Å². The molecule has 0 radical (unpaired) electrons. The zero-order valence-corrected chi connectivity index (χ0v) is 14.2. The molecule has 0 aliphatic carbocycles. The first-order valence-electron chi connectivity index (χ1n) is 7.25. The van der Waals surface area contributed by atoms with Gasteiger partial charge in [-0.3, -0.25) is 4.90 Å². The van der Waals surface area contributed by atoms with Crippen molar-refractivity contribution in [3.05, 3.63) is 76.2 Å². The standard InChI is InChI=1S/C18H16Cl2N2O/c1-22(11-14-8-5-9-15(19)18(14)20)12-17-21-10-16(23-17)13-6-3-2-4-7-13/h2-10H,11-12H2,1H3.